The van der Waals surface area contributed by atoms with E-state index in [0.29, 0.717) is 13.0 Å². The molecule has 0 unspecified atom stereocenters. The average Bonchev–Trinajstić information content (AvgIpc) is 2.72. The van der Waals surface area contributed by atoms with E-state index in [4.69, 9.17) is 5.73 Å². The van der Waals surface area contributed by atoms with Crippen molar-refractivity contribution in [2.75, 3.05) is 25.4 Å². The SMILES string of the molecule is NC(=O)[C@@H]1CCN(C(=O)NCCSC(F)(F)F)C1. The van der Waals surface area contributed by atoms with Crippen LogP contribution in [0.25, 0.3) is 0 Å². The summed E-state index contributed by atoms with van der Waals surface area (Å²) in [5.41, 5.74) is 0.822. The second-order valence-corrected chi connectivity index (χ2v) is 5.02. The zero-order valence-electron chi connectivity index (χ0n) is 9.50. The van der Waals surface area contributed by atoms with Gasteiger partial charge in [0.1, 0.15) is 0 Å². The summed E-state index contributed by atoms with van der Waals surface area (Å²) in [6, 6.07) is -0.457. The monoisotopic (exact) mass is 285 g/mol. The van der Waals surface area contributed by atoms with E-state index in [9.17, 15) is 22.8 Å². The number of nitrogens with zero attached hydrogens (tertiary/aromatic N) is 1. The number of hydrogen-bond donors (Lipinski definition) is 2. The van der Waals surface area contributed by atoms with Crippen LogP contribution in [0.3, 0.4) is 0 Å². The van der Waals surface area contributed by atoms with Crippen LogP contribution < -0.4 is 11.1 Å². The largest absolute Gasteiger partial charge is 0.441 e. The molecule has 1 saturated heterocycles. The van der Waals surface area contributed by atoms with Crippen LogP contribution in [0, 0.1) is 5.92 Å². The quantitative estimate of drug-likeness (QED) is 0.749. The van der Waals surface area contributed by atoms with E-state index < -0.39 is 17.4 Å². The molecule has 1 rings (SSSR count). The molecule has 0 aromatic carbocycles. The molecule has 0 aromatic heterocycles. The van der Waals surface area contributed by atoms with Crippen LogP contribution in [-0.4, -0.2) is 47.7 Å². The number of hydrogen-bond acceptors (Lipinski definition) is 3. The number of carbonyl (C=O) groups is 2. The second-order valence-electron chi connectivity index (χ2n) is 3.86. The van der Waals surface area contributed by atoms with Crippen LogP contribution in [0.15, 0.2) is 0 Å². The summed E-state index contributed by atoms with van der Waals surface area (Å²) in [5, 5.41) is 2.37. The zero-order chi connectivity index (χ0) is 13.8. The Morgan fingerprint density at radius 1 is 1.44 bits per heavy atom. The number of carbonyl (C=O) groups excluding carboxylic acids is 2. The van der Waals surface area contributed by atoms with Crippen LogP contribution in [0.1, 0.15) is 6.42 Å². The third-order valence-electron chi connectivity index (χ3n) is 2.52. The van der Waals surface area contributed by atoms with Crippen molar-refractivity contribution in [2.24, 2.45) is 11.7 Å². The highest BCUT2D eigenvalue weighted by atomic mass is 32.2. The fraction of sp³-hybridized carbons (Fsp3) is 0.778. The maximum atomic E-state index is 11.8. The van der Waals surface area contributed by atoms with Gasteiger partial charge in [-0.05, 0) is 18.2 Å². The molecule has 0 aliphatic carbocycles. The molecule has 1 aliphatic heterocycles. The molecule has 9 heteroatoms. The van der Waals surface area contributed by atoms with Gasteiger partial charge < -0.3 is 16.0 Å². The number of likely N-dealkylation sites (tertiary alicyclic amines) is 1. The van der Waals surface area contributed by atoms with Crippen LogP contribution in [0.4, 0.5) is 18.0 Å². The van der Waals surface area contributed by atoms with Gasteiger partial charge in [0.15, 0.2) is 0 Å². The number of thioether (sulfide) groups is 1. The van der Waals surface area contributed by atoms with Crippen molar-refractivity contribution in [2.45, 2.75) is 11.9 Å². The highest BCUT2D eigenvalue weighted by Gasteiger charge is 2.30. The van der Waals surface area contributed by atoms with Gasteiger partial charge in [0, 0.05) is 25.4 Å². The van der Waals surface area contributed by atoms with Gasteiger partial charge in [-0.3, -0.25) is 4.79 Å². The number of nitrogens with two attached hydrogens (primary N) is 1. The molecule has 1 atom stereocenters. The first-order valence-electron chi connectivity index (χ1n) is 5.32. The molecule has 104 valence electrons. The number of alkyl halides is 3. The molecule has 0 aromatic rings. The number of amides is 3. The third kappa shape index (κ3) is 5.03. The van der Waals surface area contributed by atoms with Crippen molar-refractivity contribution in [1.29, 1.82) is 0 Å². The fourth-order valence-corrected chi connectivity index (χ4v) is 2.05. The topological polar surface area (TPSA) is 75.4 Å². The fourth-order valence-electron chi connectivity index (χ4n) is 1.61. The van der Waals surface area contributed by atoms with E-state index in [1.54, 1.807) is 0 Å². The maximum absolute atomic E-state index is 11.8. The van der Waals surface area contributed by atoms with Crippen LogP contribution >= 0.6 is 11.8 Å². The van der Waals surface area contributed by atoms with Crippen LogP contribution in [0.2, 0.25) is 0 Å². The summed E-state index contributed by atoms with van der Waals surface area (Å²) >= 11 is -0.184. The van der Waals surface area contributed by atoms with Gasteiger partial charge in [0.05, 0.1) is 5.92 Å². The van der Waals surface area contributed by atoms with E-state index in [2.05, 4.69) is 5.32 Å². The number of primary amides is 1. The summed E-state index contributed by atoms with van der Waals surface area (Å²) in [4.78, 5) is 23.8. The van der Waals surface area contributed by atoms with E-state index in [1.165, 1.54) is 4.90 Å². The average molecular weight is 285 g/mol. The van der Waals surface area contributed by atoms with Gasteiger partial charge >= 0.3 is 11.5 Å². The smallest absolute Gasteiger partial charge is 0.369 e. The summed E-state index contributed by atoms with van der Waals surface area (Å²) in [6.45, 7) is 0.556. The molecule has 1 heterocycles. The number of halogens is 3. The molecule has 5 nitrogen and oxygen atoms in total. The number of nitrogens with one attached hydrogen (secondary N) is 1. The van der Waals surface area contributed by atoms with Gasteiger partial charge in [0.25, 0.3) is 0 Å². The standard InChI is InChI=1S/C9H14F3N3O2S/c10-9(11,12)18-4-2-14-8(17)15-3-1-6(5-15)7(13)16/h6H,1-5H2,(H2,13,16)(H,14,17)/t6-/m1/s1. The molecule has 3 N–H and O–H groups in total. The lowest BCUT2D eigenvalue weighted by molar-refractivity contribution is -0.121. The van der Waals surface area contributed by atoms with Crippen molar-refractivity contribution < 1.29 is 22.8 Å². The molecule has 0 bridgehead atoms. The van der Waals surface area contributed by atoms with Crippen molar-refractivity contribution >= 4 is 23.7 Å². The highest BCUT2D eigenvalue weighted by Crippen LogP contribution is 2.29. The van der Waals surface area contributed by atoms with Crippen molar-refractivity contribution in [3.63, 3.8) is 0 Å². The van der Waals surface area contributed by atoms with Crippen molar-refractivity contribution in [3.05, 3.63) is 0 Å². The molecular formula is C9H14F3N3O2S. The Morgan fingerprint density at radius 2 is 2.11 bits per heavy atom. The van der Waals surface area contributed by atoms with E-state index in [0.717, 1.165) is 0 Å². The Kier molecular flexibility index (Phi) is 5.12. The van der Waals surface area contributed by atoms with E-state index in [-0.39, 0.29) is 36.5 Å². The van der Waals surface area contributed by atoms with Gasteiger partial charge in [-0.25, -0.2) is 4.79 Å². The van der Waals surface area contributed by atoms with Crippen molar-refractivity contribution in [1.82, 2.24) is 10.2 Å². The Balaban J connectivity index is 2.20. The lowest BCUT2D eigenvalue weighted by Gasteiger charge is -2.16. The summed E-state index contributed by atoms with van der Waals surface area (Å²) in [7, 11) is 0. The number of rotatable bonds is 4. The summed E-state index contributed by atoms with van der Waals surface area (Å²) < 4.78 is 35.4. The molecule has 1 fully saturated rings. The maximum Gasteiger partial charge on any atom is 0.441 e. The predicted octanol–water partition coefficient (Wildman–Crippen LogP) is 0.756. The third-order valence-corrected chi connectivity index (χ3v) is 3.26. The molecule has 0 spiro atoms. The lowest BCUT2D eigenvalue weighted by atomic mass is 10.1. The van der Waals surface area contributed by atoms with Crippen LogP contribution in [0.5, 0.6) is 0 Å². The first-order chi connectivity index (χ1) is 8.29. The summed E-state index contributed by atoms with van der Waals surface area (Å²) in [6.07, 6.45) is 0.500. The Bertz CT molecular complexity index is 325. The molecular weight excluding hydrogens is 271 g/mol. The Hall–Kier alpha value is -1.12. The minimum Gasteiger partial charge on any atom is -0.369 e. The summed E-state index contributed by atoms with van der Waals surface area (Å²) in [5.74, 6) is -1.05. The van der Waals surface area contributed by atoms with E-state index >= 15 is 0 Å². The molecule has 18 heavy (non-hydrogen) atoms. The lowest BCUT2D eigenvalue weighted by Crippen LogP contribution is -2.40. The normalized spacial score (nSPS) is 19.9. The van der Waals surface area contributed by atoms with Crippen LogP contribution in [-0.2, 0) is 4.79 Å². The van der Waals surface area contributed by atoms with E-state index in [1.807, 2.05) is 0 Å². The highest BCUT2D eigenvalue weighted by molar-refractivity contribution is 8.00. The second kappa shape index (κ2) is 6.17. The molecule has 3 amide bonds. The zero-order valence-corrected chi connectivity index (χ0v) is 10.3. The minimum atomic E-state index is -4.28. The van der Waals surface area contributed by atoms with Gasteiger partial charge in [-0.2, -0.15) is 13.2 Å². The van der Waals surface area contributed by atoms with Crippen molar-refractivity contribution in [3.8, 4) is 0 Å². The molecule has 0 saturated carbocycles. The first-order valence-corrected chi connectivity index (χ1v) is 6.31. The Labute approximate surface area is 106 Å². The van der Waals surface area contributed by atoms with Gasteiger partial charge in [-0.15, -0.1) is 0 Å². The minimum absolute atomic E-state index is 0.0687. The molecule has 1 aliphatic rings. The predicted molar refractivity (Wildman–Crippen MR) is 60.8 cm³/mol. The first kappa shape index (κ1) is 14.9. The van der Waals surface area contributed by atoms with Gasteiger partial charge in [-0.1, -0.05) is 0 Å². The Morgan fingerprint density at radius 3 is 2.61 bits per heavy atom. The molecule has 0 radical (unpaired) electrons. The van der Waals surface area contributed by atoms with Gasteiger partial charge in [0.2, 0.25) is 5.91 Å². The number of urea groups is 1.